The Hall–Kier alpha value is -3.13. The maximum atomic E-state index is 11.6. The van der Waals surface area contributed by atoms with E-state index < -0.39 is 9.84 Å². The summed E-state index contributed by atoms with van der Waals surface area (Å²) < 4.78 is 28.9. The third-order valence-corrected chi connectivity index (χ3v) is 6.09. The molecule has 4 rings (SSSR count). The lowest BCUT2D eigenvalue weighted by Crippen LogP contribution is -2.22. The molecular formula is C20H20N4O3S. The molecule has 0 bridgehead atoms. The van der Waals surface area contributed by atoms with E-state index >= 15 is 0 Å². The fourth-order valence-corrected chi connectivity index (χ4v) is 4.64. The minimum Gasteiger partial charge on any atom is -0.457 e. The van der Waals surface area contributed by atoms with Gasteiger partial charge in [-0.1, -0.05) is 18.2 Å². The van der Waals surface area contributed by atoms with E-state index in [0.717, 1.165) is 17.2 Å². The van der Waals surface area contributed by atoms with Gasteiger partial charge in [-0.05, 0) is 48.9 Å². The maximum absolute atomic E-state index is 11.6. The van der Waals surface area contributed by atoms with Crippen LogP contribution in [0, 0.1) is 0 Å². The highest BCUT2D eigenvalue weighted by Crippen LogP contribution is 2.24. The average Bonchev–Trinajstić information content (AvgIpc) is 3.03. The van der Waals surface area contributed by atoms with Gasteiger partial charge in [0.05, 0.1) is 11.5 Å². The van der Waals surface area contributed by atoms with Gasteiger partial charge in [0.1, 0.15) is 17.3 Å². The fraction of sp³-hybridized carbons (Fsp3) is 0.200. The Morgan fingerprint density at radius 1 is 0.964 bits per heavy atom. The minimum atomic E-state index is -2.95. The molecule has 0 radical (unpaired) electrons. The number of hydrogen-bond donors (Lipinski definition) is 2. The number of nitrogens with one attached hydrogen (secondary N) is 2. The molecule has 2 heterocycles. The zero-order valence-corrected chi connectivity index (χ0v) is 15.9. The van der Waals surface area contributed by atoms with Crippen LogP contribution in [-0.2, 0) is 9.84 Å². The fourth-order valence-electron chi connectivity index (χ4n) is 2.97. The third-order valence-electron chi connectivity index (χ3n) is 4.33. The summed E-state index contributed by atoms with van der Waals surface area (Å²) in [6.07, 6.45) is 2.21. The molecule has 0 amide bonds. The van der Waals surface area contributed by atoms with Crippen molar-refractivity contribution in [1.29, 1.82) is 0 Å². The van der Waals surface area contributed by atoms with Gasteiger partial charge < -0.3 is 15.4 Å². The van der Waals surface area contributed by atoms with Crippen molar-refractivity contribution in [3.63, 3.8) is 0 Å². The van der Waals surface area contributed by atoms with Gasteiger partial charge in [-0.25, -0.2) is 13.4 Å². The van der Waals surface area contributed by atoms with Gasteiger partial charge in [-0.2, -0.15) is 4.98 Å². The topological polar surface area (TPSA) is 93.2 Å². The van der Waals surface area contributed by atoms with Crippen molar-refractivity contribution >= 4 is 27.3 Å². The second-order valence-electron chi connectivity index (χ2n) is 6.57. The number of ether oxygens (including phenoxy) is 1. The van der Waals surface area contributed by atoms with Crippen LogP contribution in [-0.4, -0.2) is 35.9 Å². The van der Waals surface area contributed by atoms with Crippen molar-refractivity contribution in [2.24, 2.45) is 0 Å². The summed E-state index contributed by atoms with van der Waals surface area (Å²) >= 11 is 0. The normalized spacial score (nSPS) is 17.8. The van der Waals surface area contributed by atoms with Gasteiger partial charge in [0.25, 0.3) is 0 Å². The van der Waals surface area contributed by atoms with Crippen molar-refractivity contribution in [2.45, 2.75) is 12.5 Å². The molecule has 1 aliphatic heterocycles. The van der Waals surface area contributed by atoms with E-state index in [1.807, 2.05) is 54.6 Å². The number of hydrogen-bond acceptors (Lipinski definition) is 7. The number of sulfone groups is 1. The van der Waals surface area contributed by atoms with Crippen LogP contribution in [0.5, 0.6) is 11.5 Å². The summed E-state index contributed by atoms with van der Waals surface area (Å²) in [5, 5.41) is 6.31. The Morgan fingerprint density at radius 2 is 1.71 bits per heavy atom. The van der Waals surface area contributed by atoms with Gasteiger partial charge >= 0.3 is 0 Å². The number of anilines is 3. The van der Waals surface area contributed by atoms with Crippen LogP contribution in [0.15, 0.2) is 66.9 Å². The van der Waals surface area contributed by atoms with Gasteiger partial charge in [0, 0.05) is 17.9 Å². The molecule has 1 fully saturated rings. The molecule has 1 saturated heterocycles. The molecule has 2 aromatic carbocycles. The van der Waals surface area contributed by atoms with E-state index in [1.165, 1.54) is 0 Å². The van der Waals surface area contributed by atoms with Crippen LogP contribution in [0.25, 0.3) is 0 Å². The zero-order valence-electron chi connectivity index (χ0n) is 15.1. The van der Waals surface area contributed by atoms with E-state index in [2.05, 4.69) is 20.6 Å². The SMILES string of the molecule is O=S1(=O)CCC(Nc2nccc(Nc3ccc(Oc4ccccc4)cc3)n2)C1. The lowest BCUT2D eigenvalue weighted by atomic mass is 10.3. The molecule has 8 heteroatoms. The number of para-hydroxylation sites is 1. The first-order chi connectivity index (χ1) is 13.6. The van der Waals surface area contributed by atoms with Crippen molar-refractivity contribution in [2.75, 3.05) is 22.1 Å². The number of benzene rings is 2. The molecule has 28 heavy (non-hydrogen) atoms. The van der Waals surface area contributed by atoms with Gasteiger partial charge in [0.2, 0.25) is 5.95 Å². The smallest absolute Gasteiger partial charge is 0.224 e. The van der Waals surface area contributed by atoms with E-state index in [1.54, 1.807) is 12.3 Å². The zero-order chi connectivity index (χ0) is 19.4. The summed E-state index contributed by atoms with van der Waals surface area (Å²) in [5.41, 5.74) is 0.855. The molecule has 1 atom stereocenters. The quantitative estimate of drug-likeness (QED) is 0.657. The van der Waals surface area contributed by atoms with Crippen LogP contribution >= 0.6 is 0 Å². The first-order valence-corrected chi connectivity index (χ1v) is 10.8. The molecule has 0 spiro atoms. The lowest BCUT2D eigenvalue weighted by molar-refractivity contribution is 0.483. The van der Waals surface area contributed by atoms with Crippen LogP contribution < -0.4 is 15.4 Å². The molecule has 0 saturated carbocycles. The van der Waals surface area contributed by atoms with Gasteiger partial charge in [0.15, 0.2) is 9.84 Å². The number of aromatic nitrogens is 2. The second-order valence-corrected chi connectivity index (χ2v) is 8.80. The largest absolute Gasteiger partial charge is 0.457 e. The van der Waals surface area contributed by atoms with Crippen molar-refractivity contribution < 1.29 is 13.2 Å². The maximum Gasteiger partial charge on any atom is 0.224 e. The summed E-state index contributed by atoms with van der Waals surface area (Å²) in [6, 6.07) is 18.7. The first-order valence-electron chi connectivity index (χ1n) is 8.96. The third kappa shape index (κ3) is 4.77. The predicted molar refractivity (Wildman–Crippen MR) is 109 cm³/mol. The highest BCUT2D eigenvalue weighted by molar-refractivity contribution is 7.91. The second kappa shape index (κ2) is 7.85. The van der Waals surface area contributed by atoms with Crippen LogP contribution in [0.2, 0.25) is 0 Å². The summed E-state index contributed by atoms with van der Waals surface area (Å²) in [5.74, 6) is 2.88. The molecule has 1 unspecified atom stereocenters. The standard InChI is InChI=1S/C20H20N4O3S/c25-28(26)13-11-16(14-28)23-20-21-12-10-19(24-20)22-15-6-8-18(9-7-15)27-17-4-2-1-3-5-17/h1-10,12,16H,11,13-14H2,(H2,21,22,23,24). The van der Waals surface area contributed by atoms with Crippen molar-refractivity contribution in [3.8, 4) is 11.5 Å². The van der Waals surface area contributed by atoms with E-state index in [0.29, 0.717) is 18.2 Å². The molecule has 0 aliphatic carbocycles. The van der Waals surface area contributed by atoms with E-state index in [4.69, 9.17) is 4.74 Å². The van der Waals surface area contributed by atoms with Crippen LogP contribution in [0.1, 0.15) is 6.42 Å². The highest BCUT2D eigenvalue weighted by Gasteiger charge is 2.28. The van der Waals surface area contributed by atoms with Crippen molar-refractivity contribution in [1.82, 2.24) is 9.97 Å². The minimum absolute atomic E-state index is 0.122. The van der Waals surface area contributed by atoms with Crippen LogP contribution in [0.4, 0.5) is 17.5 Å². The molecule has 144 valence electrons. The average molecular weight is 396 g/mol. The van der Waals surface area contributed by atoms with Crippen molar-refractivity contribution in [3.05, 3.63) is 66.9 Å². The molecular weight excluding hydrogens is 376 g/mol. The van der Waals surface area contributed by atoms with E-state index in [-0.39, 0.29) is 17.5 Å². The molecule has 2 N–H and O–H groups in total. The lowest BCUT2D eigenvalue weighted by Gasteiger charge is -2.12. The van der Waals surface area contributed by atoms with Gasteiger partial charge in [-0.15, -0.1) is 0 Å². The molecule has 3 aromatic rings. The highest BCUT2D eigenvalue weighted by atomic mass is 32.2. The van der Waals surface area contributed by atoms with Gasteiger partial charge in [-0.3, -0.25) is 0 Å². The molecule has 1 aromatic heterocycles. The number of rotatable bonds is 6. The summed E-state index contributed by atoms with van der Waals surface area (Å²) in [6.45, 7) is 0. The Bertz CT molecular complexity index is 1040. The molecule has 1 aliphatic rings. The predicted octanol–water partition coefficient (Wildman–Crippen LogP) is 3.61. The Labute approximate surface area is 163 Å². The monoisotopic (exact) mass is 396 g/mol. The Balaban J connectivity index is 1.39. The number of nitrogens with zero attached hydrogens (tertiary/aromatic N) is 2. The summed E-state index contributed by atoms with van der Waals surface area (Å²) in [4.78, 5) is 8.59. The molecule has 7 nitrogen and oxygen atoms in total. The summed E-state index contributed by atoms with van der Waals surface area (Å²) in [7, 11) is -2.95. The van der Waals surface area contributed by atoms with Crippen LogP contribution in [0.3, 0.4) is 0 Å². The Morgan fingerprint density at radius 3 is 2.43 bits per heavy atom. The Kier molecular flexibility index (Phi) is 5.12. The first kappa shape index (κ1) is 18.2. The van der Waals surface area contributed by atoms with E-state index in [9.17, 15) is 8.42 Å².